The molecule has 1 aliphatic carbocycles. The van der Waals surface area contributed by atoms with Crippen LogP contribution in [0, 0.1) is 0 Å². The monoisotopic (exact) mass is 317 g/mol. The van der Waals surface area contributed by atoms with E-state index < -0.39 is 0 Å². The van der Waals surface area contributed by atoms with Crippen molar-refractivity contribution in [3.63, 3.8) is 0 Å². The molecule has 124 valence electrons. The van der Waals surface area contributed by atoms with Crippen molar-refractivity contribution < 1.29 is 9.47 Å². The molecule has 0 spiro atoms. The minimum atomic E-state index is 0.575. The van der Waals surface area contributed by atoms with Crippen LogP contribution in [0.15, 0.2) is 4.99 Å². The van der Waals surface area contributed by atoms with Gasteiger partial charge in [0, 0.05) is 38.6 Å². The summed E-state index contributed by atoms with van der Waals surface area (Å²) in [5.74, 6) is 0.932. The van der Waals surface area contributed by atoms with Gasteiger partial charge >= 0.3 is 0 Å². The highest BCUT2D eigenvalue weighted by Gasteiger charge is 2.24. The molecule has 21 heavy (non-hydrogen) atoms. The van der Waals surface area contributed by atoms with E-state index in [1.807, 2.05) is 18.8 Å². The van der Waals surface area contributed by atoms with Gasteiger partial charge < -0.3 is 20.1 Å². The predicted molar refractivity (Wildman–Crippen MR) is 91.4 cm³/mol. The summed E-state index contributed by atoms with van der Waals surface area (Å²) >= 11 is 1.98. The number of thioether (sulfide) groups is 1. The van der Waals surface area contributed by atoms with Gasteiger partial charge in [0.2, 0.25) is 0 Å². The third-order valence-corrected chi connectivity index (χ3v) is 4.82. The molecule has 0 bridgehead atoms. The molecule has 0 radical (unpaired) electrons. The van der Waals surface area contributed by atoms with Crippen molar-refractivity contribution in [2.45, 2.75) is 43.4 Å². The van der Waals surface area contributed by atoms with Crippen molar-refractivity contribution in [1.29, 1.82) is 0 Å². The van der Waals surface area contributed by atoms with Gasteiger partial charge in [-0.15, -0.1) is 0 Å². The summed E-state index contributed by atoms with van der Waals surface area (Å²) in [5.41, 5.74) is 0. The first kappa shape index (κ1) is 18.6. The summed E-state index contributed by atoms with van der Waals surface area (Å²) < 4.78 is 10.4. The van der Waals surface area contributed by atoms with Gasteiger partial charge in [-0.25, -0.2) is 0 Å². The second-order valence-electron chi connectivity index (χ2n) is 5.32. The molecule has 0 amide bonds. The molecule has 2 N–H and O–H groups in total. The van der Waals surface area contributed by atoms with Gasteiger partial charge in [0.15, 0.2) is 5.96 Å². The van der Waals surface area contributed by atoms with Crippen molar-refractivity contribution in [3.05, 3.63) is 0 Å². The van der Waals surface area contributed by atoms with Crippen LogP contribution in [0.3, 0.4) is 0 Å². The molecule has 0 aromatic heterocycles. The molecule has 1 saturated carbocycles. The predicted octanol–water partition coefficient (Wildman–Crippen LogP) is 1.88. The van der Waals surface area contributed by atoms with Gasteiger partial charge in [-0.05, 0) is 38.4 Å². The minimum absolute atomic E-state index is 0.575. The number of hydrogen-bond acceptors (Lipinski definition) is 4. The highest BCUT2D eigenvalue weighted by atomic mass is 32.2. The Kier molecular flexibility index (Phi) is 10.7. The zero-order chi connectivity index (χ0) is 15.3. The maximum Gasteiger partial charge on any atom is 0.191 e. The highest BCUT2D eigenvalue weighted by molar-refractivity contribution is 7.99. The van der Waals surface area contributed by atoms with Crippen LogP contribution in [0.4, 0.5) is 0 Å². The van der Waals surface area contributed by atoms with Crippen LogP contribution < -0.4 is 10.6 Å². The van der Waals surface area contributed by atoms with Crippen molar-refractivity contribution >= 4 is 17.7 Å². The Morgan fingerprint density at radius 3 is 2.76 bits per heavy atom. The molecule has 0 saturated heterocycles. The second-order valence-corrected chi connectivity index (χ2v) is 6.46. The minimum Gasteiger partial charge on any atom is -0.382 e. The molecule has 2 atom stereocenters. The van der Waals surface area contributed by atoms with Crippen molar-refractivity contribution in [1.82, 2.24) is 10.6 Å². The topological polar surface area (TPSA) is 54.9 Å². The number of aliphatic imine (C=N–C) groups is 1. The number of nitrogens with one attached hydrogen (secondary N) is 2. The SMILES string of the molecule is CN=C(NCCCCOCCOC)NC1CCC(SC)C1. The summed E-state index contributed by atoms with van der Waals surface area (Å²) in [6, 6.07) is 0.575. The van der Waals surface area contributed by atoms with E-state index in [2.05, 4.69) is 21.9 Å². The lowest BCUT2D eigenvalue weighted by molar-refractivity contribution is 0.0689. The summed E-state index contributed by atoms with van der Waals surface area (Å²) in [7, 11) is 3.53. The summed E-state index contributed by atoms with van der Waals surface area (Å²) in [6.07, 6.45) is 8.16. The Bertz CT molecular complexity index is 290. The molecule has 2 unspecified atom stereocenters. The molecule has 1 aliphatic rings. The van der Waals surface area contributed by atoms with Gasteiger partial charge in [0.05, 0.1) is 13.2 Å². The highest BCUT2D eigenvalue weighted by Crippen LogP contribution is 2.27. The standard InChI is InChI=1S/C15H31N3O2S/c1-16-15(18-13-6-7-14(12-13)21-3)17-8-4-5-9-20-11-10-19-2/h13-14H,4-12H2,1-3H3,(H2,16,17,18). The van der Waals surface area contributed by atoms with Gasteiger partial charge in [-0.2, -0.15) is 11.8 Å². The number of hydrogen-bond donors (Lipinski definition) is 2. The Morgan fingerprint density at radius 1 is 1.24 bits per heavy atom. The van der Waals surface area contributed by atoms with Crippen LogP contribution in [0.2, 0.25) is 0 Å². The van der Waals surface area contributed by atoms with Crippen LogP contribution in [0.5, 0.6) is 0 Å². The van der Waals surface area contributed by atoms with Crippen LogP contribution >= 0.6 is 11.8 Å². The fourth-order valence-electron chi connectivity index (χ4n) is 2.45. The van der Waals surface area contributed by atoms with Crippen LogP contribution in [-0.2, 0) is 9.47 Å². The lowest BCUT2D eigenvalue weighted by Crippen LogP contribution is -2.42. The van der Waals surface area contributed by atoms with E-state index in [1.54, 1.807) is 7.11 Å². The molecule has 0 aromatic carbocycles. The molecular weight excluding hydrogens is 286 g/mol. The first-order valence-electron chi connectivity index (χ1n) is 7.86. The van der Waals surface area contributed by atoms with Crippen LogP contribution in [0.25, 0.3) is 0 Å². The third-order valence-electron chi connectivity index (χ3n) is 3.72. The smallest absolute Gasteiger partial charge is 0.191 e. The fourth-order valence-corrected chi connectivity index (χ4v) is 3.25. The van der Waals surface area contributed by atoms with Crippen molar-refractivity contribution in [2.75, 3.05) is 46.8 Å². The average molecular weight is 317 g/mol. The third kappa shape index (κ3) is 8.53. The van der Waals surface area contributed by atoms with Crippen molar-refractivity contribution in [3.8, 4) is 0 Å². The number of guanidine groups is 1. The zero-order valence-electron chi connectivity index (χ0n) is 13.7. The molecular formula is C15H31N3O2S. The molecule has 0 aromatic rings. The van der Waals surface area contributed by atoms with E-state index in [0.717, 1.165) is 37.2 Å². The van der Waals surface area contributed by atoms with E-state index in [9.17, 15) is 0 Å². The van der Waals surface area contributed by atoms with Crippen molar-refractivity contribution in [2.24, 2.45) is 4.99 Å². The Labute approximate surface area is 133 Å². The molecule has 1 fully saturated rings. The van der Waals surface area contributed by atoms with Gasteiger partial charge in [-0.1, -0.05) is 0 Å². The molecule has 1 rings (SSSR count). The maximum absolute atomic E-state index is 5.44. The zero-order valence-corrected chi connectivity index (χ0v) is 14.5. The van der Waals surface area contributed by atoms with E-state index in [4.69, 9.17) is 9.47 Å². The molecule has 6 heteroatoms. The summed E-state index contributed by atoms with van der Waals surface area (Å²) in [6.45, 7) is 3.10. The van der Waals surface area contributed by atoms with Gasteiger partial charge in [0.1, 0.15) is 0 Å². The summed E-state index contributed by atoms with van der Waals surface area (Å²) in [4.78, 5) is 4.30. The Morgan fingerprint density at radius 2 is 2.10 bits per heavy atom. The van der Waals surface area contributed by atoms with E-state index in [0.29, 0.717) is 19.3 Å². The number of ether oxygens (including phenoxy) is 2. The van der Waals surface area contributed by atoms with E-state index in [-0.39, 0.29) is 0 Å². The first-order valence-corrected chi connectivity index (χ1v) is 9.15. The second kappa shape index (κ2) is 12.1. The normalized spacial score (nSPS) is 22.5. The quantitative estimate of drug-likeness (QED) is 0.366. The fraction of sp³-hybridized carbons (Fsp3) is 0.933. The van der Waals surface area contributed by atoms with Crippen LogP contribution in [-0.4, -0.2) is 64.0 Å². The number of unbranched alkanes of at least 4 members (excludes halogenated alkanes) is 1. The van der Waals surface area contributed by atoms with E-state index in [1.165, 1.54) is 19.3 Å². The van der Waals surface area contributed by atoms with Gasteiger partial charge in [-0.3, -0.25) is 4.99 Å². The molecule has 5 nitrogen and oxygen atoms in total. The molecule has 0 aliphatic heterocycles. The van der Waals surface area contributed by atoms with Crippen LogP contribution in [0.1, 0.15) is 32.1 Å². The Hall–Kier alpha value is -0.460. The molecule has 0 heterocycles. The lowest BCUT2D eigenvalue weighted by Gasteiger charge is -2.17. The number of rotatable bonds is 10. The number of nitrogens with zero attached hydrogens (tertiary/aromatic N) is 1. The lowest BCUT2D eigenvalue weighted by atomic mass is 10.2. The van der Waals surface area contributed by atoms with E-state index >= 15 is 0 Å². The maximum atomic E-state index is 5.44. The Balaban J connectivity index is 2.02. The van der Waals surface area contributed by atoms with Gasteiger partial charge in [0.25, 0.3) is 0 Å². The first-order chi connectivity index (χ1) is 10.3. The summed E-state index contributed by atoms with van der Waals surface area (Å²) in [5, 5.41) is 7.72. The largest absolute Gasteiger partial charge is 0.382 e. The number of methoxy groups -OCH3 is 1. The average Bonchev–Trinajstić information content (AvgIpc) is 2.96.